The highest BCUT2D eigenvalue weighted by Gasteiger charge is 2.13. The lowest BCUT2D eigenvalue weighted by Crippen LogP contribution is -2.22. The lowest BCUT2D eigenvalue weighted by molar-refractivity contribution is 0.0960. The number of nitrogens with one attached hydrogen (secondary N) is 2. The standard InChI is InChI=1S/C11H19N3OS/c1-3-5-6-14-9-7-8(12)10(16-9)11(15)13-4-2/h7,14H,3-6,12H2,1-2H3,(H,13,15). The summed E-state index contributed by atoms with van der Waals surface area (Å²) < 4.78 is 0. The van der Waals surface area contributed by atoms with Gasteiger partial charge in [-0.05, 0) is 19.4 Å². The van der Waals surface area contributed by atoms with Gasteiger partial charge in [-0.2, -0.15) is 0 Å². The summed E-state index contributed by atoms with van der Waals surface area (Å²) in [6.45, 7) is 5.58. The minimum atomic E-state index is -0.0893. The summed E-state index contributed by atoms with van der Waals surface area (Å²) in [5.74, 6) is -0.0893. The van der Waals surface area contributed by atoms with Crippen molar-refractivity contribution in [3.63, 3.8) is 0 Å². The van der Waals surface area contributed by atoms with E-state index in [9.17, 15) is 4.79 Å². The van der Waals surface area contributed by atoms with E-state index in [4.69, 9.17) is 5.73 Å². The normalized spacial score (nSPS) is 10.1. The SMILES string of the molecule is CCCCNc1cc(N)c(C(=O)NCC)s1. The van der Waals surface area contributed by atoms with Gasteiger partial charge in [-0.3, -0.25) is 4.79 Å². The number of anilines is 2. The van der Waals surface area contributed by atoms with Gasteiger partial charge in [0.25, 0.3) is 5.91 Å². The van der Waals surface area contributed by atoms with Gasteiger partial charge in [-0.25, -0.2) is 0 Å². The Bertz CT molecular complexity index is 349. The largest absolute Gasteiger partial charge is 0.397 e. The number of carbonyl (C=O) groups is 1. The van der Waals surface area contributed by atoms with Gasteiger partial charge in [0.15, 0.2) is 0 Å². The lowest BCUT2D eigenvalue weighted by atomic mass is 10.3. The molecule has 5 heteroatoms. The number of rotatable bonds is 6. The molecule has 0 atom stereocenters. The Kier molecular flexibility index (Phi) is 5.11. The molecule has 0 saturated heterocycles. The van der Waals surface area contributed by atoms with Gasteiger partial charge < -0.3 is 16.4 Å². The van der Waals surface area contributed by atoms with E-state index in [1.54, 1.807) is 0 Å². The molecule has 1 amide bonds. The molecule has 4 nitrogen and oxygen atoms in total. The van der Waals surface area contributed by atoms with Crippen molar-refractivity contribution in [1.29, 1.82) is 0 Å². The molecule has 0 unspecified atom stereocenters. The fraction of sp³-hybridized carbons (Fsp3) is 0.545. The maximum Gasteiger partial charge on any atom is 0.263 e. The summed E-state index contributed by atoms with van der Waals surface area (Å²) in [7, 11) is 0. The maximum atomic E-state index is 11.6. The predicted octanol–water partition coefficient (Wildman–Crippen LogP) is 2.29. The smallest absolute Gasteiger partial charge is 0.263 e. The molecule has 1 rings (SSSR count). The number of hydrogen-bond acceptors (Lipinski definition) is 4. The minimum Gasteiger partial charge on any atom is -0.397 e. The first-order chi connectivity index (χ1) is 7.69. The molecule has 0 spiro atoms. The molecule has 0 aromatic carbocycles. The Balaban J connectivity index is 2.62. The van der Waals surface area contributed by atoms with Crippen molar-refractivity contribution in [3.05, 3.63) is 10.9 Å². The molecule has 1 heterocycles. The van der Waals surface area contributed by atoms with Gasteiger partial charge in [0.1, 0.15) is 4.88 Å². The van der Waals surface area contributed by atoms with E-state index < -0.39 is 0 Å². The highest BCUT2D eigenvalue weighted by atomic mass is 32.1. The Morgan fingerprint density at radius 3 is 2.88 bits per heavy atom. The summed E-state index contributed by atoms with van der Waals surface area (Å²) in [5.41, 5.74) is 6.34. The second-order valence-electron chi connectivity index (χ2n) is 3.53. The topological polar surface area (TPSA) is 67.1 Å². The fourth-order valence-electron chi connectivity index (χ4n) is 1.30. The van der Waals surface area contributed by atoms with Crippen LogP contribution in [-0.2, 0) is 0 Å². The van der Waals surface area contributed by atoms with Gasteiger partial charge in [0.2, 0.25) is 0 Å². The number of nitrogen functional groups attached to an aromatic ring is 1. The Labute approximate surface area is 100 Å². The predicted molar refractivity (Wildman–Crippen MR) is 70.1 cm³/mol. The molecule has 1 aromatic heterocycles. The molecule has 0 radical (unpaired) electrons. The highest BCUT2D eigenvalue weighted by molar-refractivity contribution is 7.18. The first kappa shape index (κ1) is 12.8. The van der Waals surface area contributed by atoms with Crippen LogP contribution >= 0.6 is 11.3 Å². The van der Waals surface area contributed by atoms with Crippen LogP contribution in [0.4, 0.5) is 10.7 Å². The second kappa shape index (κ2) is 6.37. The molecule has 0 aliphatic rings. The molecular weight excluding hydrogens is 222 g/mol. The maximum absolute atomic E-state index is 11.6. The van der Waals surface area contributed by atoms with Crippen molar-refractivity contribution in [1.82, 2.24) is 5.32 Å². The molecule has 1 aromatic rings. The van der Waals surface area contributed by atoms with Crippen LogP contribution < -0.4 is 16.4 Å². The number of unbranched alkanes of at least 4 members (excludes halogenated alkanes) is 1. The third-order valence-corrected chi connectivity index (χ3v) is 3.24. The van der Waals surface area contributed by atoms with Crippen molar-refractivity contribution >= 4 is 27.9 Å². The van der Waals surface area contributed by atoms with Crippen LogP contribution in [0.3, 0.4) is 0 Å². The van der Waals surface area contributed by atoms with Gasteiger partial charge >= 0.3 is 0 Å². The zero-order chi connectivity index (χ0) is 12.0. The van der Waals surface area contributed by atoms with E-state index >= 15 is 0 Å². The first-order valence-electron chi connectivity index (χ1n) is 5.60. The van der Waals surface area contributed by atoms with Crippen LogP contribution in [0, 0.1) is 0 Å². The van der Waals surface area contributed by atoms with Crippen molar-refractivity contribution in [2.75, 3.05) is 24.1 Å². The number of amides is 1. The number of hydrogen-bond donors (Lipinski definition) is 3. The molecule has 90 valence electrons. The molecule has 0 aliphatic heterocycles. The van der Waals surface area contributed by atoms with Crippen LogP contribution in [-0.4, -0.2) is 19.0 Å². The third kappa shape index (κ3) is 3.41. The van der Waals surface area contributed by atoms with Crippen LogP contribution in [0.5, 0.6) is 0 Å². The summed E-state index contributed by atoms with van der Waals surface area (Å²) in [5, 5.41) is 6.97. The average Bonchev–Trinajstić information content (AvgIpc) is 2.61. The monoisotopic (exact) mass is 241 g/mol. The van der Waals surface area contributed by atoms with E-state index in [1.165, 1.54) is 11.3 Å². The zero-order valence-corrected chi connectivity index (χ0v) is 10.6. The summed E-state index contributed by atoms with van der Waals surface area (Å²) in [6, 6.07) is 1.82. The van der Waals surface area contributed by atoms with E-state index in [1.807, 2.05) is 13.0 Å². The number of thiophene rings is 1. The van der Waals surface area contributed by atoms with Gasteiger partial charge in [0, 0.05) is 13.1 Å². The number of carbonyl (C=O) groups excluding carboxylic acids is 1. The fourth-order valence-corrected chi connectivity index (χ4v) is 2.22. The van der Waals surface area contributed by atoms with Crippen LogP contribution in [0.1, 0.15) is 36.4 Å². The first-order valence-corrected chi connectivity index (χ1v) is 6.42. The van der Waals surface area contributed by atoms with Crippen molar-refractivity contribution in [3.8, 4) is 0 Å². The van der Waals surface area contributed by atoms with Crippen LogP contribution in [0.25, 0.3) is 0 Å². The summed E-state index contributed by atoms with van der Waals surface area (Å²) in [4.78, 5) is 12.2. The van der Waals surface area contributed by atoms with Gasteiger partial charge in [0.05, 0.1) is 10.7 Å². The second-order valence-corrected chi connectivity index (χ2v) is 4.59. The molecular formula is C11H19N3OS. The minimum absolute atomic E-state index is 0.0893. The van der Waals surface area contributed by atoms with Crippen molar-refractivity contribution in [2.45, 2.75) is 26.7 Å². The molecule has 0 bridgehead atoms. The number of nitrogens with two attached hydrogens (primary N) is 1. The zero-order valence-electron chi connectivity index (χ0n) is 9.80. The Hall–Kier alpha value is -1.23. The van der Waals surface area contributed by atoms with Gasteiger partial charge in [-0.15, -0.1) is 11.3 Å². The van der Waals surface area contributed by atoms with Crippen LogP contribution in [0.2, 0.25) is 0 Å². The molecule has 4 N–H and O–H groups in total. The molecule has 16 heavy (non-hydrogen) atoms. The van der Waals surface area contributed by atoms with E-state index in [0.29, 0.717) is 17.1 Å². The van der Waals surface area contributed by atoms with Crippen molar-refractivity contribution < 1.29 is 4.79 Å². The van der Waals surface area contributed by atoms with Gasteiger partial charge in [-0.1, -0.05) is 13.3 Å². The van der Waals surface area contributed by atoms with Crippen molar-refractivity contribution in [2.24, 2.45) is 0 Å². The van der Waals surface area contributed by atoms with E-state index in [0.717, 1.165) is 24.4 Å². The molecule has 0 aliphatic carbocycles. The highest BCUT2D eigenvalue weighted by Crippen LogP contribution is 2.28. The van der Waals surface area contributed by atoms with Crippen LogP contribution in [0.15, 0.2) is 6.07 Å². The summed E-state index contributed by atoms with van der Waals surface area (Å²) >= 11 is 1.41. The quantitative estimate of drug-likeness (QED) is 0.669. The lowest BCUT2D eigenvalue weighted by Gasteiger charge is -2.00. The van der Waals surface area contributed by atoms with E-state index in [-0.39, 0.29) is 5.91 Å². The summed E-state index contributed by atoms with van der Waals surface area (Å²) in [6.07, 6.45) is 2.27. The van der Waals surface area contributed by atoms with E-state index in [2.05, 4.69) is 17.6 Å². The molecule has 0 saturated carbocycles. The third-order valence-electron chi connectivity index (χ3n) is 2.13. The average molecular weight is 241 g/mol. The molecule has 0 fully saturated rings. The Morgan fingerprint density at radius 1 is 1.50 bits per heavy atom. The Morgan fingerprint density at radius 2 is 2.25 bits per heavy atom.